The van der Waals surface area contributed by atoms with Gasteiger partial charge < -0.3 is 0 Å². The molecule has 1 nitrogen and oxygen atoms in total. The minimum Gasteiger partial charge on any atom is -0.299 e. The highest BCUT2D eigenvalue weighted by Gasteiger charge is 2.32. The SMILES string of the molecule is CC(=O)C(C)/C=C/[C@@H]1CC=C(C)C1(C)C. The summed E-state index contributed by atoms with van der Waals surface area (Å²) >= 11 is 0. The van der Waals surface area contributed by atoms with Gasteiger partial charge in [-0.05, 0) is 31.6 Å². The molecule has 0 aromatic heterocycles. The van der Waals surface area contributed by atoms with Crippen LogP contribution in [0.3, 0.4) is 0 Å². The van der Waals surface area contributed by atoms with Crippen molar-refractivity contribution in [1.29, 1.82) is 0 Å². The van der Waals surface area contributed by atoms with E-state index in [1.807, 2.05) is 6.92 Å². The molecule has 0 fully saturated rings. The minimum absolute atomic E-state index is 0.0571. The fourth-order valence-electron chi connectivity index (χ4n) is 1.91. The standard InChI is InChI=1S/C14H22O/c1-10(12(3)15)6-8-13-9-7-11(2)14(13,4)5/h6-8,10,13H,9H2,1-5H3/b8-6+/t10?,13-/m1/s1. The summed E-state index contributed by atoms with van der Waals surface area (Å²) in [6.45, 7) is 10.4. The number of allylic oxidation sites excluding steroid dienone is 4. The summed E-state index contributed by atoms with van der Waals surface area (Å²) in [5, 5.41) is 0. The van der Waals surface area contributed by atoms with Crippen LogP contribution >= 0.6 is 0 Å². The zero-order valence-corrected chi connectivity index (χ0v) is 10.5. The van der Waals surface area contributed by atoms with Crippen molar-refractivity contribution in [3.8, 4) is 0 Å². The first-order valence-corrected chi connectivity index (χ1v) is 5.71. The van der Waals surface area contributed by atoms with Gasteiger partial charge in [0.1, 0.15) is 5.78 Å². The summed E-state index contributed by atoms with van der Waals surface area (Å²) in [5.41, 5.74) is 1.72. The van der Waals surface area contributed by atoms with Crippen LogP contribution in [-0.2, 0) is 4.79 Å². The Morgan fingerprint density at radius 1 is 1.60 bits per heavy atom. The molecule has 1 unspecified atom stereocenters. The molecule has 1 rings (SSSR count). The number of hydrogen-bond acceptors (Lipinski definition) is 1. The molecule has 0 amide bonds. The first-order chi connectivity index (χ1) is 6.85. The lowest BCUT2D eigenvalue weighted by molar-refractivity contribution is -0.118. The van der Waals surface area contributed by atoms with E-state index in [1.165, 1.54) is 5.57 Å². The van der Waals surface area contributed by atoms with E-state index in [2.05, 4.69) is 39.0 Å². The predicted octanol–water partition coefficient (Wildman–Crippen LogP) is 3.76. The highest BCUT2D eigenvalue weighted by atomic mass is 16.1. The summed E-state index contributed by atoms with van der Waals surface area (Å²) in [5.74, 6) is 0.854. The molecule has 0 aliphatic heterocycles. The highest BCUT2D eigenvalue weighted by molar-refractivity contribution is 5.79. The van der Waals surface area contributed by atoms with Gasteiger partial charge in [0.15, 0.2) is 0 Å². The van der Waals surface area contributed by atoms with Gasteiger partial charge in [0, 0.05) is 5.92 Å². The van der Waals surface area contributed by atoms with E-state index in [1.54, 1.807) is 6.92 Å². The molecule has 1 heteroatoms. The van der Waals surface area contributed by atoms with Crippen molar-refractivity contribution in [2.75, 3.05) is 0 Å². The molecule has 0 heterocycles. The normalized spacial score (nSPS) is 26.7. The molecule has 0 bridgehead atoms. The first kappa shape index (κ1) is 12.2. The van der Waals surface area contributed by atoms with Gasteiger partial charge in [-0.15, -0.1) is 0 Å². The Morgan fingerprint density at radius 3 is 2.60 bits per heavy atom. The van der Waals surface area contributed by atoms with Crippen molar-refractivity contribution in [2.24, 2.45) is 17.3 Å². The van der Waals surface area contributed by atoms with Crippen molar-refractivity contribution >= 4 is 5.78 Å². The van der Waals surface area contributed by atoms with Gasteiger partial charge in [0.2, 0.25) is 0 Å². The van der Waals surface area contributed by atoms with Crippen LogP contribution in [0.5, 0.6) is 0 Å². The van der Waals surface area contributed by atoms with Crippen LogP contribution in [0.4, 0.5) is 0 Å². The Bertz CT molecular complexity index is 307. The van der Waals surface area contributed by atoms with Crippen LogP contribution in [0.25, 0.3) is 0 Å². The third-order valence-corrected chi connectivity index (χ3v) is 3.89. The van der Waals surface area contributed by atoms with Gasteiger partial charge in [0.05, 0.1) is 0 Å². The Kier molecular flexibility index (Phi) is 3.54. The lowest BCUT2D eigenvalue weighted by Gasteiger charge is -2.27. The van der Waals surface area contributed by atoms with Crippen LogP contribution in [0, 0.1) is 17.3 Å². The predicted molar refractivity (Wildman–Crippen MR) is 64.6 cm³/mol. The molecular formula is C14H22O. The van der Waals surface area contributed by atoms with Crippen molar-refractivity contribution in [1.82, 2.24) is 0 Å². The maximum absolute atomic E-state index is 11.1. The van der Waals surface area contributed by atoms with Crippen LogP contribution in [0.1, 0.15) is 41.0 Å². The van der Waals surface area contributed by atoms with Gasteiger partial charge in [0.25, 0.3) is 0 Å². The van der Waals surface area contributed by atoms with Crippen molar-refractivity contribution in [3.63, 3.8) is 0 Å². The van der Waals surface area contributed by atoms with E-state index >= 15 is 0 Å². The Morgan fingerprint density at radius 2 is 2.20 bits per heavy atom. The number of hydrogen-bond donors (Lipinski definition) is 0. The molecule has 2 atom stereocenters. The molecule has 1 aliphatic rings. The van der Waals surface area contributed by atoms with Gasteiger partial charge in [-0.1, -0.05) is 44.6 Å². The fraction of sp³-hybridized carbons (Fsp3) is 0.643. The van der Waals surface area contributed by atoms with Crippen molar-refractivity contribution < 1.29 is 4.79 Å². The summed E-state index contributed by atoms with van der Waals surface area (Å²) in [4.78, 5) is 11.1. The maximum Gasteiger partial charge on any atom is 0.136 e. The molecule has 1 aliphatic carbocycles. The third-order valence-electron chi connectivity index (χ3n) is 3.89. The molecule has 0 aromatic rings. The number of carbonyl (C=O) groups is 1. The first-order valence-electron chi connectivity index (χ1n) is 5.71. The van der Waals surface area contributed by atoms with E-state index in [4.69, 9.17) is 0 Å². The van der Waals surface area contributed by atoms with Crippen LogP contribution in [0.2, 0.25) is 0 Å². The van der Waals surface area contributed by atoms with Gasteiger partial charge in [-0.25, -0.2) is 0 Å². The largest absolute Gasteiger partial charge is 0.299 e. The second-order valence-electron chi connectivity index (χ2n) is 5.24. The van der Waals surface area contributed by atoms with E-state index in [9.17, 15) is 4.79 Å². The number of Topliss-reactive ketones (excluding diaryl/α,β-unsaturated/α-hetero) is 1. The van der Waals surface area contributed by atoms with Crippen LogP contribution < -0.4 is 0 Å². The number of rotatable bonds is 3. The summed E-state index contributed by atoms with van der Waals surface area (Å²) in [6, 6.07) is 0. The highest BCUT2D eigenvalue weighted by Crippen LogP contribution is 2.43. The molecular weight excluding hydrogens is 184 g/mol. The van der Waals surface area contributed by atoms with Crippen LogP contribution in [-0.4, -0.2) is 5.78 Å². The minimum atomic E-state index is 0.0571. The van der Waals surface area contributed by atoms with E-state index in [-0.39, 0.29) is 17.1 Å². The molecule has 0 saturated heterocycles. The summed E-state index contributed by atoms with van der Waals surface area (Å²) in [7, 11) is 0. The molecule has 0 aromatic carbocycles. The average molecular weight is 206 g/mol. The number of ketones is 1. The molecule has 84 valence electrons. The second kappa shape index (κ2) is 4.34. The Balaban J connectivity index is 2.66. The lowest BCUT2D eigenvalue weighted by atomic mass is 9.77. The average Bonchev–Trinajstić information content (AvgIpc) is 2.39. The zero-order chi connectivity index (χ0) is 11.6. The molecule has 0 N–H and O–H groups in total. The zero-order valence-electron chi connectivity index (χ0n) is 10.5. The van der Waals surface area contributed by atoms with E-state index in [0.717, 1.165) is 6.42 Å². The smallest absolute Gasteiger partial charge is 0.136 e. The van der Waals surface area contributed by atoms with Crippen LogP contribution in [0.15, 0.2) is 23.8 Å². The number of carbonyl (C=O) groups excluding carboxylic acids is 1. The van der Waals surface area contributed by atoms with Gasteiger partial charge in [-0.2, -0.15) is 0 Å². The third kappa shape index (κ3) is 2.58. The summed E-state index contributed by atoms with van der Waals surface area (Å²) < 4.78 is 0. The van der Waals surface area contributed by atoms with Crippen molar-refractivity contribution in [2.45, 2.75) is 41.0 Å². The second-order valence-corrected chi connectivity index (χ2v) is 5.24. The molecule has 15 heavy (non-hydrogen) atoms. The molecule has 0 saturated carbocycles. The maximum atomic E-state index is 11.1. The van der Waals surface area contributed by atoms with Gasteiger partial charge >= 0.3 is 0 Å². The Labute approximate surface area is 93.3 Å². The van der Waals surface area contributed by atoms with Crippen molar-refractivity contribution in [3.05, 3.63) is 23.8 Å². The lowest BCUT2D eigenvalue weighted by Crippen LogP contribution is -2.18. The molecule has 0 spiro atoms. The fourth-order valence-corrected chi connectivity index (χ4v) is 1.91. The molecule has 0 radical (unpaired) electrons. The van der Waals surface area contributed by atoms with Gasteiger partial charge in [-0.3, -0.25) is 4.79 Å². The summed E-state index contributed by atoms with van der Waals surface area (Å²) in [6.07, 6.45) is 7.70. The monoisotopic (exact) mass is 206 g/mol. The van der Waals surface area contributed by atoms with E-state index < -0.39 is 0 Å². The van der Waals surface area contributed by atoms with E-state index in [0.29, 0.717) is 5.92 Å². The topological polar surface area (TPSA) is 17.1 Å². The quantitative estimate of drug-likeness (QED) is 0.643. The Hall–Kier alpha value is -0.850.